The summed E-state index contributed by atoms with van der Waals surface area (Å²) in [6.07, 6.45) is 12.8. The van der Waals surface area contributed by atoms with E-state index in [4.69, 9.17) is 15.5 Å². The van der Waals surface area contributed by atoms with E-state index in [9.17, 15) is 4.57 Å². The average molecular weight is 288 g/mol. The Hall–Kier alpha value is -0.290. The first-order valence-electron chi connectivity index (χ1n) is 7.46. The lowest BCUT2D eigenvalue weighted by Gasteiger charge is -2.20. The molecule has 2 atom stereocenters. The SMILES string of the molecule is C#CC(C)OP(=O)(CCCC)OCCCCCCC. The zero-order valence-corrected chi connectivity index (χ0v) is 13.6. The van der Waals surface area contributed by atoms with Gasteiger partial charge in [0, 0.05) is 0 Å². The van der Waals surface area contributed by atoms with Gasteiger partial charge in [-0.1, -0.05) is 51.9 Å². The second-order valence-corrected chi connectivity index (χ2v) is 6.99. The van der Waals surface area contributed by atoms with Crippen LogP contribution in [-0.2, 0) is 13.6 Å². The maximum atomic E-state index is 12.5. The van der Waals surface area contributed by atoms with Crippen molar-refractivity contribution in [3.8, 4) is 12.3 Å². The fourth-order valence-corrected chi connectivity index (χ4v) is 3.63. The summed E-state index contributed by atoms with van der Waals surface area (Å²) in [5.74, 6) is 2.44. The minimum atomic E-state index is -3.01. The number of hydrogen-bond acceptors (Lipinski definition) is 3. The van der Waals surface area contributed by atoms with Crippen molar-refractivity contribution in [2.24, 2.45) is 0 Å². The average Bonchev–Trinajstić information content (AvgIpc) is 2.40. The Morgan fingerprint density at radius 3 is 2.32 bits per heavy atom. The van der Waals surface area contributed by atoms with Gasteiger partial charge in [-0.2, -0.15) is 0 Å². The van der Waals surface area contributed by atoms with Gasteiger partial charge < -0.3 is 4.52 Å². The Morgan fingerprint density at radius 2 is 1.74 bits per heavy atom. The summed E-state index contributed by atoms with van der Waals surface area (Å²) >= 11 is 0. The monoisotopic (exact) mass is 288 g/mol. The molecule has 0 aromatic heterocycles. The molecule has 0 aliphatic heterocycles. The van der Waals surface area contributed by atoms with E-state index in [1.54, 1.807) is 6.92 Å². The molecule has 0 aliphatic rings. The minimum absolute atomic E-state index is 0.456. The maximum Gasteiger partial charge on any atom is 0.331 e. The Bertz CT molecular complexity index is 296. The molecule has 0 aromatic rings. The van der Waals surface area contributed by atoms with E-state index in [1.165, 1.54) is 19.3 Å². The van der Waals surface area contributed by atoms with E-state index >= 15 is 0 Å². The highest BCUT2D eigenvalue weighted by Crippen LogP contribution is 2.50. The van der Waals surface area contributed by atoms with Crippen LogP contribution in [0.5, 0.6) is 0 Å². The molecule has 0 amide bonds. The van der Waals surface area contributed by atoms with Crippen molar-refractivity contribution in [3.05, 3.63) is 0 Å². The van der Waals surface area contributed by atoms with Crippen LogP contribution in [0.4, 0.5) is 0 Å². The Labute approximate surface area is 119 Å². The van der Waals surface area contributed by atoms with E-state index in [-0.39, 0.29) is 0 Å². The number of terminal acetylenes is 1. The molecule has 4 heteroatoms. The van der Waals surface area contributed by atoms with Crippen LogP contribution in [0.25, 0.3) is 0 Å². The summed E-state index contributed by atoms with van der Waals surface area (Å²) in [6.45, 7) is 6.47. The molecule has 0 bridgehead atoms. The molecule has 0 aliphatic carbocycles. The van der Waals surface area contributed by atoms with Gasteiger partial charge >= 0.3 is 7.60 Å². The van der Waals surface area contributed by atoms with Crippen molar-refractivity contribution in [2.75, 3.05) is 12.8 Å². The molecule has 112 valence electrons. The van der Waals surface area contributed by atoms with E-state index < -0.39 is 13.7 Å². The third kappa shape index (κ3) is 10.2. The van der Waals surface area contributed by atoms with Gasteiger partial charge in [-0.25, -0.2) is 0 Å². The normalized spacial score (nSPS) is 15.7. The highest BCUT2D eigenvalue weighted by molar-refractivity contribution is 7.53. The topological polar surface area (TPSA) is 35.5 Å². The van der Waals surface area contributed by atoms with E-state index in [1.807, 2.05) is 0 Å². The van der Waals surface area contributed by atoms with E-state index in [0.717, 1.165) is 25.7 Å². The predicted molar refractivity (Wildman–Crippen MR) is 81.5 cm³/mol. The molecule has 0 aromatic carbocycles. The van der Waals surface area contributed by atoms with Crippen LogP contribution in [0.2, 0.25) is 0 Å². The molecule has 0 saturated carbocycles. The molecule has 2 unspecified atom stereocenters. The molecule has 0 saturated heterocycles. The Kier molecular flexibility index (Phi) is 11.4. The lowest BCUT2D eigenvalue weighted by molar-refractivity contribution is 0.183. The van der Waals surface area contributed by atoms with Crippen LogP contribution >= 0.6 is 7.60 Å². The zero-order valence-electron chi connectivity index (χ0n) is 12.7. The van der Waals surface area contributed by atoms with Crippen molar-refractivity contribution in [1.29, 1.82) is 0 Å². The Morgan fingerprint density at radius 1 is 1.11 bits per heavy atom. The summed E-state index contributed by atoms with van der Waals surface area (Å²) in [5, 5.41) is 0. The standard InChI is InChI=1S/C15H29O3P/c1-5-8-10-11-12-13-17-19(16,14-9-6-2)18-15(4)7-3/h3,15H,5-6,8-14H2,1-2,4H3. The van der Waals surface area contributed by atoms with Crippen molar-refractivity contribution >= 4 is 7.60 Å². The summed E-state index contributed by atoms with van der Waals surface area (Å²) in [5.41, 5.74) is 0. The van der Waals surface area contributed by atoms with Crippen molar-refractivity contribution in [2.45, 2.75) is 71.8 Å². The van der Waals surface area contributed by atoms with Crippen LogP contribution in [0.1, 0.15) is 65.7 Å². The van der Waals surface area contributed by atoms with Crippen molar-refractivity contribution in [1.82, 2.24) is 0 Å². The molecule has 3 nitrogen and oxygen atoms in total. The van der Waals surface area contributed by atoms with Gasteiger partial charge in [-0.15, -0.1) is 6.42 Å². The van der Waals surface area contributed by atoms with Crippen LogP contribution in [0.3, 0.4) is 0 Å². The lowest BCUT2D eigenvalue weighted by Crippen LogP contribution is -2.08. The number of hydrogen-bond donors (Lipinski definition) is 0. The molecular weight excluding hydrogens is 259 g/mol. The molecule has 0 fully saturated rings. The number of unbranched alkanes of at least 4 members (excludes halogenated alkanes) is 5. The van der Waals surface area contributed by atoms with E-state index in [0.29, 0.717) is 12.8 Å². The van der Waals surface area contributed by atoms with Gasteiger partial charge in [0.25, 0.3) is 0 Å². The van der Waals surface area contributed by atoms with Gasteiger partial charge in [0.05, 0.1) is 12.8 Å². The first kappa shape index (κ1) is 18.7. The molecule has 0 N–H and O–H groups in total. The largest absolute Gasteiger partial charge is 0.331 e. The van der Waals surface area contributed by atoms with Crippen LogP contribution in [0.15, 0.2) is 0 Å². The second-order valence-electron chi connectivity index (χ2n) is 4.85. The van der Waals surface area contributed by atoms with Gasteiger partial charge in [0.2, 0.25) is 0 Å². The van der Waals surface area contributed by atoms with Gasteiger partial charge in [-0.3, -0.25) is 9.09 Å². The predicted octanol–water partition coefficient (Wildman–Crippen LogP) is 5.00. The van der Waals surface area contributed by atoms with Gasteiger partial charge in [0.1, 0.15) is 6.10 Å². The van der Waals surface area contributed by atoms with Crippen LogP contribution in [-0.4, -0.2) is 18.9 Å². The van der Waals surface area contributed by atoms with Crippen LogP contribution in [0, 0.1) is 12.3 Å². The quantitative estimate of drug-likeness (QED) is 0.288. The molecule has 0 rings (SSSR count). The van der Waals surface area contributed by atoms with E-state index in [2.05, 4.69) is 19.8 Å². The fourth-order valence-electron chi connectivity index (χ4n) is 1.68. The van der Waals surface area contributed by atoms with Crippen molar-refractivity contribution in [3.63, 3.8) is 0 Å². The molecule has 0 spiro atoms. The zero-order chi connectivity index (χ0) is 14.6. The molecular formula is C15H29O3P. The van der Waals surface area contributed by atoms with Gasteiger partial charge in [-0.05, 0) is 19.8 Å². The molecule has 0 heterocycles. The first-order valence-corrected chi connectivity index (χ1v) is 9.19. The second kappa shape index (κ2) is 11.5. The highest BCUT2D eigenvalue weighted by Gasteiger charge is 2.25. The fraction of sp³-hybridized carbons (Fsp3) is 0.867. The lowest BCUT2D eigenvalue weighted by atomic mass is 10.2. The van der Waals surface area contributed by atoms with Crippen molar-refractivity contribution < 1.29 is 13.6 Å². The number of rotatable bonds is 12. The van der Waals surface area contributed by atoms with Crippen LogP contribution < -0.4 is 0 Å². The summed E-state index contributed by atoms with van der Waals surface area (Å²) < 4.78 is 23.4. The third-order valence-corrected chi connectivity index (χ3v) is 4.95. The third-order valence-electron chi connectivity index (χ3n) is 2.87. The maximum absolute atomic E-state index is 12.5. The smallest absolute Gasteiger partial charge is 0.309 e. The first-order chi connectivity index (χ1) is 9.08. The Balaban J connectivity index is 4.05. The summed E-state index contributed by atoms with van der Waals surface area (Å²) in [6, 6.07) is 0. The molecule has 19 heavy (non-hydrogen) atoms. The highest BCUT2D eigenvalue weighted by atomic mass is 31.2. The van der Waals surface area contributed by atoms with Gasteiger partial charge in [0.15, 0.2) is 0 Å². The minimum Gasteiger partial charge on any atom is -0.309 e. The summed E-state index contributed by atoms with van der Waals surface area (Å²) in [7, 11) is -3.01. The summed E-state index contributed by atoms with van der Waals surface area (Å²) in [4.78, 5) is 0. The molecule has 0 radical (unpaired) electrons.